The van der Waals surface area contributed by atoms with E-state index < -0.39 is 0 Å². The molecule has 0 N–H and O–H groups in total. The van der Waals surface area contributed by atoms with Crippen molar-refractivity contribution in [3.8, 4) is 33.6 Å². The molecule has 0 amide bonds. The highest BCUT2D eigenvalue weighted by Gasteiger charge is 2.17. The second-order valence-corrected chi connectivity index (χ2v) is 12.2. The second-order valence-electron chi connectivity index (χ2n) is 12.2. The standard InChI is InChI=1S/C44H26N4/c1-3-14-34-32(12-1)33-13-2-5-16-36(33)43-40(34)35-15-4-6-17-37(35)41(48-43)29-10-7-9-28(25-29)39-21-19-30(26-47-39)31-22-24-46-44-38(31)20-18-27-11-8-23-45-42(27)44/h1-26H. The minimum atomic E-state index is 0.901. The number of nitrogens with zero attached hydrogens (tertiary/aromatic N) is 4. The molecule has 10 rings (SSSR count). The van der Waals surface area contributed by atoms with Gasteiger partial charge in [-0.15, -0.1) is 0 Å². The third-order valence-corrected chi connectivity index (χ3v) is 9.57. The Bertz CT molecular complexity index is 2890. The summed E-state index contributed by atoms with van der Waals surface area (Å²) in [5.74, 6) is 0. The molecule has 0 aliphatic heterocycles. The zero-order chi connectivity index (χ0) is 31.6. The fraction of sp³-hybridized carbons (Fsp3) is 0. The number of fused-ring (bicyclic) bond motifs is 11. The van der Waals surface area contributed by atoms with Gasteiger partial charge in [-0.3, -0.25) is 15.0 Å². The molecule has 0 unspecified atom stereocenters. The van der Waals surface area contributed by atoms with E-state index in [-0.39, 0.29) is 0 Å². The van der Waals surface area contributed by atoms with Gasteiger partial charge in [0.1, 0.15) is 0 Å². The number of hydrogen-bond donors (Lipinski definition) is 0. The lowest BCUT2D eigenvalue weighted by molar-refractivity contribution is 1.32. The van der Waals surface area contributed by atoms with E-state index in [4.69, 9.17) is 9.97 Å². The molecule has 0 spiro atoms. The van der Waals surface area contributed by atoms with Crippen LogP contribution in [0.1, 0.15) is 0 Å². The molecule has 4 heterocycles. The highest BCUT2D eigenvalue weighted by atomic mass is 14.7. The first-order chi connectivity index (χ1) is 23.8. The molecule has 0 atom stereocenters. The van der Waals surface area contributed by atoms with E-state index in [0.29, 0.717) is 0 Å². The normalized spacial score (nSPS) is 11.8. The van der Waals surface area contributed by atoms with E-state index in [0.717, 1.165) is 66.4 Å². The summed E-state index contributed by atoms with van der Waals surface area (Å²) < 4.78 is 0. The largest absolute Gasteiger partial charge is 0.256 e. The van der Waals surface area contributed by atoms with Crippen molar-refractivity contribution in [1.82, 2.24) is 19.9 Å². The molecule has 4 aromatic heterocycles. The third kappa shape index (κ3) is 4.03. The zero-order valence-electron chi connectivity index (χ0n) is 25.8. The molecule has 0 bridgehead atoms. The van der Waals surface area contributed by atoms with Gasteiger partial charge in [0.2, 0.25) is 0 Å². The topological polar surface area (TPSA) is 51.6 Å². The fourth-order valence-electron chi connectivity index (χ4n) is 7.37. The predicted octanol–water partition coefficient (Wildman–Crippen LogP) is 11.2. The summed E-state index contributed by atoms with van der Waals surface area (Å²) in [4.78, 5) is 19.7. The number of hydrogen-bond acceptors (Lipinski definition) is 4. The van der Waals surface area contributed by atoms with Gasteiger partial charge < -0.3 is 0 Å². The van der Waals surface area contributed by atoms with E-state index in [9.17, 15) is 0 Å². The summed E-state index contributed by atoms with van der Waals surface area (Å²) in [5, 5.41) is 10.6. The minimum absolute atomic E-state index is 0.901. The van der Waals surface area contributed by atoms with Crippen molar-refractivity contribution in [2.45, 2.75) is 0 Å². The van der Waals surface area contributed by atoms with Crippen LogP contribution in [0.15, 0.2) is 158 Å². The summed E-state index contributed by atoms with van der Waals surface area (Å²) in [5.41, 5.74) is 8.96. The van der Waals surface area contributed by atoms with E-state index in [1.807, 2.05) is 24.7 Å². The summed E-state index contributed by atoms with van der Waals surface area (Å²) >= 11 is 0. The maximum atomic E-state index is 5.46. The van der Waals surface area contributed by atoms with E-state index in [1.54, 1.807) is 0 Å². The molecular weight excluding hydrogens is 585 g/mol. The maximum Gasteiger partial charge on any atom is 0.0970 e. The van der Waals surface area contributed by atoms with Crippen LogP contribution in [0, 0.1) is 0 Å². The van der Waals surface area contributed by atoms with E-state index in [2.05, 4.69) is 143 Å². The molecule has 4 heteroatoms. The Morgan fingerprint density at radius 1 is 0.375 bits per heavy atom. The third-order valence-electron chi connectivity index (χ3n) is 9.57. The van der Waals surface area contributed by atoms with Crippen LogP contribution < -0.4 is 0 Å². The van der Waals surface area contributed by atoms with Crippen molar-refractivity contribution in [2.75, 3.05) is 0 Å². The minimum Gasteiger partial charge on any atom is -0.256 e. The van der Waals surface area contributed by atoms with Crippen LogP contribution in [-0.2, 0) is 0 Å². The van der Waals surface area contributed by atoms with Crippen LogP contribution in [0.2, 0.25) is 0 Å². The lowest BCUT2D eigenvalue weighted by atomic mass is 9.92. The zero-order valence-corrected chi connectivity index (χ0v) is 25.8. The fourth-order valence-corrected chi connectivity index (χ4v) is 7.37. The molecule has 222 valence electrons. The first kappa shape index (κ1) is 26.7. The smallest absolute Gasteiger partial charge is 0.0970 e. The number of benzene rings is 6. The lowest BCUT2D eigenvalue weighted by Crippen LogP contribution is -1.93. The Morgan fingerprint density at radius 2 is 1.08 bits per heavy atom. The maximum absolute atomic E-state index is 5.46. The van der Waals surface area contributed by atoms with Crippen molar-refractivity contribution < 1.29 is 0 Å². The lowest BCUT2D eigenvalue weighted by Gasteiger charge is -2.15. The number of rotatable bonds is 3. The van der Waals surface area contributed by atoms with E-state index in [1.165, 1.54) is 32.3 Å². The highest BCUT2D eigenvalue weighted by Crippen LogP contribution is 2.41. The van der Waals surface area contributed by atoms with Gasteiger partial charge >= 0.3 is 0 Å². The Kier molecular flexibility index (Phi) is 5.84. The van der Waals surface area contributed by atoms with Gasteiger partial charge in [-0.2, -0.15) is 0 Å². The van der Waals surface area contributed by atoms with Gasteiger partial charge in [-0.05, 0) is 51.4 Å². The monoisotopic (exact) mass is 610 g/mol. The molecule has 0 radical (unpaired) electrons. The second kappa shape index (κ2) is 10.5. The van der Waals surface area contributed by atoms with Crippen molar-refractivity contribution in [2.24, 2.45) is 0 Å². The summed E-state index contributed by atoms with van der Waals surface area (Å²) in [6, 6.07) is 49.1. The predicted molar refractivity (Wildman–Crippen MR) is 199 cm³/mol. The van der Waals surface area contributed by atoms with Crippen LogP contribution in [0.25, 0.3) is 98.7 Å². The van der Waals surface area contributed by atoms with Crippen molar-refractivity contribution in [3.63, 3.8) is 0 Å². The van der Waals surface area contributed by atoms with Gasteiger partial charge in [0.15, 0.2) is 0 Å². The molecular formula is C44H26N4. The molecule has 4 nitrogen and oxygen atoms in total. The first-order valence-corrected chi connectivity index (χ1v) is 16.1. The molecule has 6 aromatic carbocycles. The van der Waals surface area contributed by atoms with Crippen molar-refractivity contribution in [1.29, 1.82) is 0 Å². The van der Waals surface area contributed by atoms with Crippen molar-refractivity contribution in [3.05, 3.63) is 158 Å². The summed E-state index contributed by atoms with van der Waals surface area (Å²) in [6.07, 6.45) is 5.64. The molecule has 0 saturated heterocycles. The van der Waals surface area contributed by atoms with Gasteiger partial charge in [-0.1, -0.05) is 115 Å². The van der Waals surface area contributed by atoms with Crippen LogP contribution in [0.4, 0.5) is 0 Å². The van der Waals surface area contributed by atoms with Crippen LogP contribution in [-0.4, -0.2) is 19.9 Å². The van der Waals surface area contributed by atoms with Gasteiger partial charge in [0, 0.05) is 62.2 Å². The summed E-state index contributed by atoms with van der Waals surface area (Å²) in [7, 11) is 0. The first-order valence-electron chi connectivity index (χ1n) is 16.1. The van der Waals surface area contributed by atoms with Gasteiger partial charge in [0.05, 0.1) is 27.9 Å². The van der Waals surface area contributed by atoms with Crippen LogP contribution >= 0.6 is 0 Å². The molecule has 0 aliphatic carbocycles. The molecule has 48 heavy (non-hydrogen) atoms. The van der Waals surface area contributed by atoms with Gasteiger partial charge in [0.25, 0.3) is 0 Å². The van der Waals surface area contributed by atoms with E-state index >= 15 is 0 Å². The van der Waals surface area contributed by atoms with Crippen LogP contribution in [0.3, 0.4) is 0 Å². The molecule has 0 fully saturated rings. The average molecular weight is 611 g/mol. The highest BCUT2D eigenvalue weighted by molar-refractivity contribution is 6.31. The number of pyridine rings is 4. The quantitative estimate of drug-likeness (QED) is 0.187. The summed E-state index contributed by atoms with van der Waals surface area (Å²) in [6.45, 7) is 0. The molecule has 0 aliphatic rings. The Labute approximate surface area is 276 Å². The molecule has 0 saturated carbocycles. The Hall–Kier alpha value is -6.52. The van der Waals surface area contributed by atoms with Crippen LogP contribution in [0.5, 0.6) is 0 Å². The Morgan fingerprint density at radius 3 is 1.90 bits per heavy atom. The number of aromatic nitrogens is 4. The Balaban J connectivity index is 1.12. The average Bonchev–Trinajstić information content (AvgIpc) is 3.17. The SMILES string of the molecule is c1cc(-c2ccc(-c3ccnc4c3ccc3cccnc34)cn2)cc(-c2nc3c4ccccc4c4ccccc4c3c3ccccc23)c1. The molecule has 10 aromatic rings. The van der Waals surface area contributed by atoms with Gasteiger partial charge in [-0.25, -0.2) is 4.98 Å². The van der Waals surface area contributed by atoms with Crippen molar-refractivity contribution >= 4 is 65.0 Å².